The average molecular weight is 525 g/mol. The van der Waals surface area contributed by atoms with Crippen LogP contribution in [-0.4, -0.2) is 59.4 Å². The van der Waals surface area contributed by atoms with E-state index in [2.05, 4.69) is 15.6 Å². The number of rotatable bonds is 5. The van der Waals surface area contributed by atoms with Gasteiger partial charge in [0.25, 0.3) is 5.91 Å². The lowest BCUT2D eigenvalue weighted by Gasteiger charge is -2.47. The quantitative estimate of drug-likeness (QED) is 0.570. The van der Waals surface area contributed by atoms with E-state index in [1.165, 1.54) is 26.0 Å². The van der Waals surface area contributed by atoms with Crippen LogP contribution in [0.3, 0.4) is 0 Å². The van der Waals surface area contributed by atoms with Gasteiger partial charge in [-0.15, -0.1) is 0 Å². The summed E-state index contributed by atoms with van der Waals surface area (Å²) in [6.45, 7) is 7.13. The van der Waals surface area contributed by atoms with Crippen molar-refractivity contribution >= 4 is 34.2 Å². The number of benzene rings is 1. The van der Waals surface area contributed by atoms with Crippen LogP contribution < -0.4 is 10.6 Å². The molecule has 3 heterocycles. The molecule has 2 aliphatic rings. The normalized spacial score (nSPS) is 17.4. The van der Waals surface area contributed by atoms with Crippen LogP contribution in [0.5, 0.6) is 0 Å². The minimum absolute atomic E-state index is 0.0806. The molecule has 3 amide bonds. The zero-order valence-corrected chi connectivity index (χ0v) is 20.9. The summed E-state index contributed by atoms with van der Waals surface area (Å²) in [5.41, 5.74) is -1.74. The zero-order valence-electron chi connectivity index (χ0n) is 20.1. The first kappa shape index (κ1) is 26.1. The second kappa shape index (κ2) is 9.47. The topological polar surface area (TPSA) is 101 Å². The summed E-state index contributed by atoms with van der Waals surface area (Å²) >= 11 is 0.446. The predicted molar refractivity (Wildman–Crippen MR) is 127 cm³/mol. The number of anilines is 1. The highest BCUT2D eigenvalue weighted by Crippen LogP contribution is 2.39. The second-order valence-electron chi connectivity index (χ2n) is 9.88. The molecule has 8 nitrogen and oxygen atoms in total. The number of aromatic nitrogens is 1. The number of amides is 3. The van der Waals surface area contributed by atoms with Gasteiger partial charge in [-0.3, -0.25) is 14.9 Å². The Bertz CT molecular complexity index is 1160. The molecule has 36 heavy (non-hydrogen) atoms. The minimum atomic E-state index is -4.89. The van der Waals surface area contributed by atoms with E-state index in [-0.39, 0.29) is 16.1 Å². The summed E-state index contributed by atoms with van der Waals surface area (Å²) in [5, 5.41) is 4.60. The summed E-state index contributed by atoms with van der Waals surface area (Å²) in [6, 6.07) is 5.69. The number of urea groups is 1. The lowest BCUT2D eigenvalue weighted by molar-refractivity contribution is -0.141. The third-order valence-electron chi connectivity index (χ3n) is 6.55. The smallest absolute Gasteiger partial charge is 0.380 e. The maximum Gasteiger partial charge on any atom is 0.435 e. The first-order valence-electron chi connectivity index (χ1n) is 11.5. The number of aryl methyl sites for hydroxylation is 1. The number of nitrogens with zero attached hydrogens (tertiary/aromatic N) is 2. The summed E-state index contributed by atoms with van der Waals surface area (Å²) in [6.07, 6.45) is -3.27. The van der Waals surface area contributed by atoms with Crippen LogP contribution in [-0.2, 0) is 15.7 Å². The van der Waals surface area contributed by atoms with E-state index in [0.29, 0.717) is 37.6 Å². The molecule has 0 atom stereocenters. The maximum atomic E-state index is 13.6. The SMILES string of the molecule is Cc1ccc(C(=O)c2sc(NC(=O)C(C)(C)NC(=O)N3CCC4(CC3)COC4)nc2C(F)(F)F)cc1. The van der Waals surface area contributed by atoms with Gasteiger partial charge in [-0.25, -0.2) is 9.78 Å². The number of piperidine rings is 1. The highest BCUT2D eigenvalue weighted by atomic mass is 32.1. The highest BCUT2D eigenvalue weighted by Gasteiger charge is 2.43. The molecule has 12 heteroatoms. The number of carbonyl (C=O) groups is 3. The Hall–Kier alpha value is -2.99. The van der Waals surface area contributed by atoms with Crippen molar-refractivity contribution in [3.63, 3.8) is 0 Å². The van der Waals surface area contributed by atoms with Gasteiger partial charge < -0.3 is 15.0 Å². The number of thiazole rings is 1. The molecule has 4 rings (SSSR count). The summed E-state index contributed by atoms with van der Waals surface area (Å²) < 4.78 is 46.2. The summed E-state index contributed by atoms with van der Waals surface area (Å²) in [4.78, 5) is 42.9. The van der Waals surface area contributed by atoms with E-state index in [9.17, 15) is 27.6 Å². The molecule has 0 saturated carbocycles. The lowest BCUT2D eigenvalue weighted by Crippen LogP contribution is -2.59. The Morgan fingerprint density at radius 1 is 1.08 bits per heavy atom. The van der Waals surface area contributed by atoms with Crippen LogP contribution in [0.1, 0.15) is 53.2 Å². The first-order valence-corrected chi connectivity index (χ1v) is 12.3. The van der Waals surface area contributed by atoms with Gasteiger partial charge in [0.1, 0.15) is 10.4 Å². The number of hydrogen-bond acceptors (Lipinski definition) is 6. The molecule has 0 bridgehead atoms. The monoisotopic (exact) mass is 524 g/mol. The molecule has 2 fully saturated rings. The van der Waals surface area contributed by atoms with Gasteiger partial charge in [0.05, 0.1) is 13.2 Å². The van der Waals surface area contributed by atoms with Crippen LogP contribution in [0.4, 0.5) is 23.1 Å². The Morgan fingerprint density at radius 2 is 1.69 bits per heavy atom. The molecule has 1 aromatic carbocycles. The molecular formula is C24H27F3N4O4S. The van der Waals surface area contributed by atoms with Crippen LogP contribution in [0, 0.1) is 12.3 Å². The van der Waals surface area contributed by atoms with Crippen molar-refractivity contribution in [2.45, 2.75) is 45.3 Å². The van der Waals surface area contributed by atoms with Gasteiger partial charge in [0, 0.05) is 24.1 Å². The Labute approximate surface area is 210 Å². The van der Waals surface area contributed by atoms with Crippen LogP contribution in [0.2, 0.25) is 0 Å². The van der Waals surface area contributed by atoms with Crippen molar-refractivity contribution in [1.82, 2.24) is 15.2 Å². The molecule has 2 saturated heterocycles. The van der Waals surface area contributed by atoms with E-state index in [1.807, 2.05) is 0 Å². The van der Waals surface area contributed by atoms with E-state index in [4.69, 9.17) is 4.74 Å². The van der Waals surface area contributed by atoms with Crippen molar-refractivity contribution in [3.05, 3.63) is 46.0 Å². The first-order chi connectivity index (χ1) is 16.8. The van der Waals surface area contributed by atoms with Gasteiger partial charge in [0.15, 0.2) is 10.8 Å². The Kier molecular flexibility index (Phi) is 6.86. The fraction of sp³-hybridized carbons (Fsp3) is 0.500. The number of nitrogens with one attached hydrogen (secondary N) is 2. The van der Waals surface area contributed by atoms with E-state index in [1.54, 1.807) is 24.0 Å². The van der Waals surface area contributed by atoms with Gasteiger partial charge in [-0.1, -0.05) is 41.2 Å². The van der Waals surface area contributed by atoms with Crippen molar-refractivity contribution < 1.29 is 32.3 Å². The van der Waals surface area contributed by atoms with Gasteiger partial charge >= 0.3 is 12.2 Å². The molecule has 194 valence electrons. The molecule has 1 aromatic heterocycles. The van der Waals surface area contributed by atoms with E-state index >= 15 is 0 Å². The molecule has 2 aromatic rings. The summed E-state index contributed by atoms with van der Waals surface area (Å²) in [5.74, 6) is -1.60. The molecule has 2 aliphatic heterocycles. The Morgan fingerprint density at radius 3 is 2.22 bits per heavy atom. The van der Waals surface area contributed by atoms with E-state index in [0.717, 1.165) is 18.4 Å². The van der Waals surface area contributed by atoms with Crippen molar-refractivity contribution in [3.8, 4) is 0 Å². The fourth-order valence-electron chi connectivity index (χ4n) is 4.08. The molecule has 1 spiro atoms. The number of ketones is 1. The molecule has 2 N–H and O–H groups in total. The van der Waals surface area contributed by atoms with E-state index < -0.39 is 40.0 Å². The Balaban J connectivity index is 1.45. The molecule has 0 unspecified atom stereocenters. The number of likely N-dealkylation sites (tertiary alicyclic amines) is 1. The minimum Gasteiger partial charge on any atom is -0.380 e. The number of halogens is 3. The van der Waals surface area contributed by atoms with Gasteiger partial charge in [-0.2, -0.15) is 13.2 Å². The molecule has 0 radical (unpaired) electrons. The maximum absolute atomic E-state index is 13.6. The molecule has 0 aliphatic carbocycles. The van der Waals surface area contributed by atoms with Crippen molar-refractivity contribution in [2.24, 2.45) is 5.41 Å². The van der Waals surface area contributed by atoms with Gasteiger partial charge in [0.2, 0.25) is 5.78 Å². The number of alkyl halides is 3. The second-order valence-corrected chi connectivity index (χ2v) is 10.9. The zero-order chi connectivity index (χ0) is 26.3. The standard InChI is InChI=1S/C24H27F3N4O4S/c1-14-4-6-15(7-5-14)16(32)17-18(24(25,26)27)28-20(36-17)29-19(33)22(2,3)30-21(34)31-10-8-23(9-11-31)12-35-13-23/h4-7H,8-13H2,1-3H3,(H,30,34)(H,28,29,33). The number of carbonyl (C=O) groups excluding carboxylic acids is 3. The van der Waals surface area contributed by atoms with Gasteiger partial charge in [-0.05, 0) is 33.6 Å². The van der Waals surface area contributed by atoms with Crippen molar-refractivity contribution in [2.75, 3.05) is 31.6 Å². The fourth-order valence-corrected chi connectivity index (χ4v) is 5.02. The largest absolute Gasteiger partial charge is 0.435 e. The average Bonchev–Trinajstić information content (AvgIpc) is 3.22. The molecular weight excluding hydrogens is 497 g/mol. The summed E-state index contributed by atoms with van der Waals surface area (Å²) in [7, 11) is 0. The predicted octanol–water partition coefficient (Wildman–Crippen LogP) is 4.24. The third kappa shape index (κ3) is 5.39. The highest BCUT2D eigenvalue weighted by molar-refractivity contribution is 7.18. The van der Waals surface area contributed by atoms with Crippen LogP contribution >= 0.6 is 11.3 Å². The lowest BCUT2D eigenvalue weighted by atomic mass is 9.77. The van der Waals surface area contributed by atoms with Crippen LogP contribution in [0.15, 0.2) is 24.3 Å². The number of hydrogen-bond donors (Lipinski definition) is 2. The third-order valence-corrected chi connectivity index (χ3v) is 7.52. The van der Waals surface area contributed by atoms with Crippen LogP contribution in [0.25, 0.3) is 0 Å². The van der Waals surface area contributed by atoms with Crippen molar-refractivity contribution in [1.29, 1.82) is 0 Å². The number of ether oxygens (including phenoxy) is 1.